The highest BCUT2D eigenvalue weighted by Gasteiger charge is 2.06. The third-order valence-corrected chi connectivity index (χ3v) is 3.33. The van der Waals surface area contributed by atoms with Gasteiger partial charge in [0, 0.05) is 18.7 Å². The fourth-order valence-electron chi connectivity index (χ4n) is 2.28. The van der Waals surface area contributed by atoms with Crippen molar-refractivity contribution in [3.05, 3.63) is 71.3 Å². The largest absolute Gasteiger partial charge is 0.375 e. The first-order valence-electron chi connectivity index (χ1n) is 7.78. The standard InChI is InChI=1S/C19H24N2O2/c1-21(2)14-17-9-6-10-18(13-17)19(22)20-11-12-23-15-16-7-4-3-5-8-16/h3-10,13H,11-12,14-15H2,1-2H3,(H,20,22). The van der Waals surface area contributed by atoms with E-state index in [9.17, 15) is 4.79 Å². The van der Waals surface area contributed by atoms with E-state index in [1.165, 1.54) is 0 Å². The molecule has 0 heterocycles. The molecule has 0 bridgehead atoms. The van der Waals surface area contributed by atoms with Crippen molar-refractivity contribution in [3.63, 3.8) is 0 Å². The second-order valence-corrected chi connectivity index (χ2v) is 5.73. The van der Waals surface area contributed by atoms with Crippen molar-refractivity contribution in [1.29, 1.82) is 0 Å². The zero-order chi connectivity index (χ0) is 16.5. The van der Waals surface area contributed by atoms with Gasteiger partial charge in [0.2, 0.25) is 0 Å². The Morgan fingerprint density at radius 3 is 2.52 bits per heavy atom. The summed E-state index contributed by atoms with van der Waals surface area (Å²) in [5, 5.41) is 2.89. The molecule has 4 heteroatoms. The van der Waals surface area contributed by atoms with Crippen LogP contribution in [0.25, 0.3) is 0 Å². The fourth-order valence-corrected chi connectivity index (χ4v) is 2.28. The van der Waals surface area contributed by atoms with Crippen LogP contribution in [0.5, 0.6) is 0 Å². The van der Waals surface area contributed by atoms with Gasteiger partial charge in [0.15, 0.2) is 0 Å². The quantitative estimate of drug-likeness (QED) is 0.762. The van der Waals surface area contributed by atoms with Crippen LogP contribution < -0.4 is 5.32 Å². The number of nitrogens with one attached hydrogen (secondary N) is 1. The van der Waals surface area contributed by atoms with E-state index in [4.69, 9.17) is 4.74 Å². The molecule has 0 saturated heterocycles. The van der Waals surface area contributed by atoms with Crippen LogP contribution in [0.4, 0.5) is 0 Å². The van der Waals surface area contributed by atoms with E-state index in [-0.39, 0.29) is 5.91 Å². The predicted octanol–water partition coefficient (Wildman–Crippen LogP) is 2.69. The van der Waals surface area contributed by atoms with Crippen molar-refractivity contribution in [2.75, 3.05) is 27.2 Å². The minimum atomic E-state index is -0.0612. The molecule has 122 valence electrons. The summed E-state index contributed by atoms with van der Waals surface area (Å²) in [7, 11) is 4.02. The van der Waals surface area contributed by atoms with Gasteiger partial charge < -0.3 is 15.0 Å². The Kier molecular flexibility index (Phi) is 6.78. The van der Waals surface area contributed by atoms with Gasteiger partial charge >= 0.3 is 0 Å². The highest BCUT2D eigenvalue weighted by Crippen LogP contribution is 2.07. The van der Waals surface area contributed by atoms with Crippen LogP contribution in [0.1, 0.15) is 21.5 Å². The summed E-state index contributed by atoms with van der Waals surface area (Å²) < 4.78 is 5.56. The number of carbonyl (C=O) groups is 1. The summed E-state index contributed by atoms with van der Waals surface area (Å²) >= 11 is 0. The first-order chi connectivity index (χ1) is 11.1. The maximum absolute atomic E-state index is 12.1. The number of benzene rings is 2. The summed E-state index contributed by atoms with van der Waals surface area (Å²) in [6.07, 6.45) is 0. The van der Waals surface area contributed by atoms with Gasteiger partial charge in [0.1, 0.15) is 0 Å². The molecular formula is C19H24N2O2. The normalized spacial score (nSPS) is 10.7. The molecule has 2 aromatic rings. The first-order valence-corrected chi connectivity index (χ1v) is 7.78. The maximum atomic E-state index is 12.1. The minimum absolute atomic E-state index is 0.0612. The third-order valence-electron chi connectivity index (χ3n) is 3.33. The molecule has 2 rings (SSSR count). The second-order valence-electron chi connectivity index (χ2n) is 5.73. The molecule has 0 unspecified atom stereocenters. The van der Waals surface area contributed by atoms with Crippen LogP contribution in [0, 0.1) is 0 Å². The average molecular weight is 312 g/mol. The molecule has 0 spiro atoms. The lowest BCUT2D eigenvalue weighted by Crippen LogP contribution is -2.27. The Labute approximate surface area is 138 Å². The van der Waals surface area contributed by atoms with Gasteiger partial charge in [-0.05, 0) is 37.4 Å². The Morgan fingerprint density at radius 1 is 1.04 bits per heavy atom. The van der Waals surface area contributed by atoms with Crippen LogP contribution in [-0.2, 0) is 17.9 Å². The molecule has 4 nitrogen and oxygen atoms in total. The highest BCUT2D eigenvalue weighted by molar-refractivity contribution is 5.94. The number of amides is 1. The number of rotatable bonds is 8. The lowest BCUT2D eigenvalue weighted by atomic mass is 10.1. The van der Waals surface area contributed by atoms with Crippen molar-refractivity contribution in [3.8, 4) is 0 Å². The van der Waals surface area contributed by atoms with Crippen molar-refractivity contribution in [1.82, 2.24) is 10.2 Å². The Bertz CT molecular complexity index is 612. The molecule has 0 aliphatic heterocycles. The zero-order valence-corrected chi connectivity index (χ0v) is 13.8. The topological polar surface area (TPSA) is 41.6 Å². The average Bonchev–Trinajstić information content (AvgIpc) is 2.55. The number of carbonyl (C=O) groups excluding carboxylic acids is 1. The Balaban J connectivity index is 1.72. The van der Waals surface area contributed by atoms with E-state index in [2.05, 4.69) is 10.2 Å². The summed E-state index contributed by atoms with van der Waals surface area (Å²) in [5.74, 6) is -0.0612. The molecule has 1 N–H and O–H groups in total. The summed E-state index contributed by atoms with van der Waals surface area (Å²) in [4.78, 5) is 14.2. The monoisotopic (exact) mass is 312 g/mol. The van der Waals surface area contributed by atoms with Gasteiger partial charge in [-0.25, -0.2) is 0 Å². The van der Waals surface area contributed by atoms with Crippen LogP contribution in [-0.4, -0.2) is 38.1 Å². The molecule has 0 saturated carbocycles. The molecule has 2 aromatic carbocycles. The van der Waals surface area contributed by atoms with Crippen LogP contribution in [0.2, 0.25) is 0 Å². The van der Waals surface area contributed by atoms with E-state index >= 15 is 0 Å². The van der Waals surface area contributed by atoms with Crippen LogP contribution in [0.15, 0.2) is 54.6 Å². The van der Waals surface area contributed by atoms with Gasteiger partial charge in [-0.1, -0.05) is 42.5 Å². The van der Waals surface area contributed by atoms with Gasteiger partial charge in [-0.2, -0.15) is 0 Å². The predicted molar refractivity (Wildman–Crippen MR) is 92.3 cm³/mol. The second kappa shape index (κ2) is 9.08. The van der Waals surface area contributed by atoms with Gasteiger partial charge in [0.05, 0.1) is 13.2 Å². The number of hydrogen-bond donors (Lipinski definition) is 1. The van der Waals surface area contributed by atoms with Crippen molar-refractivity contribution >= 4 is 5.91 Å². The summed E-state index contributed by atoms with van der Waals surface area (Å²) in [6, 6.07) is 17.7. The van der Waals surface area contributed by atoms with E-state index in [0.717, 1.165) is 17.7 Å². The lowest BCUT2D eigenvalue weighted by molar-refractivity contribution is 0.0900. The van der Waals surface area contributed by atoms with Crippen molar-refractivity contribution in [2.45, 2.75) is 13.2 Å². The number of nitrogens with zero attached hydrogens (tertiary/aromatic N) is 1. The van der Waals surface area contributed by atoms with E-state index in [1.807, 2.05) is 68.7 Å². The van der Waals surface area contributed by atoms with Gasteiger partial charge in [-0.3, -0.25) is 4.79 Å². The van der Waals surface area contributed by atoms with E-state index in [0.29, 0.717) is 25.3 Å². The molecule has 0 aliphatic carbocycles. The van der Waals surface area contributed by atoms with Gasteiger partial charge in [-0.15, -0.1) is 0 Å². The highest BCUT2D eigenvalue weighted by atomic mass is 16.5. The molecule has 0 radical (unpaired) electrons. The first kappa shape index (κ1) is 17.2. The SMILES string of the molecule is CN(C)Cc1cccc(C(=O)NCCOCc2ccccc2)c1. The van der Waals surface area contributed by atoms with Gasteiger partial charge in [0.25, 0.3) is 5.91 Å². The van der Waals surface area contributed by atoms with Crippen molar-refractivity contribution in [2.24, 2.45) is 0 Å². The molecule has 0 aliphatic rings. The molecule has 0 atom stereocenters. The Morgan fingerprint density at radius 2 is 1.78 bits per heavy atom. The van der Waals surface area contributed by atoms with E-state index < -0.39 is 0 Å². The Hall–Kier alpha value is -2.17. The summed E-state index contributed by atoms with van der Waals surface area (Å²) in [6.45, 7) is 2.39. The van der Waals surface area contributed by atoms with Crippen molar-refractivity contribution < 1.29 is 9.53 Å². The minimum Gasteiger partial charge on any atom is -0.375 e. The summed E-state index contributed by atoms with van der Waals surface area (Å²) in [5.41, 5.74) is 2.95. The molecule has 23 heavy (non-hydrogen) atoms. The van der Waals surface area contributed by atoms with Crippen LogP contribution >= 0.6 is 0 Å². The molecular weight excluding hydrogens is 288 g/mol. The van der Waals surface area contributed by atoms with Crippen LogP contribution in [0.3, 0.4) is 0 Å². The van der Waals surface area contributed by atoms with E-state index in [1.54, 1.807) is 0 Å². The lowest BCUT2D eigenvalue weighted by Gasteiger charge is -2.11. The smallest absolute Gasteiger partial charge is 0.251 e. The molecule has 0 aromatic heterocycles. The number of ether oxygens (including phenoxy) is 1. The maximum Gasteiger partial charge on any atom is 0.251 e. The fraction of sp³-hybridized carbons (Fsp3) is 0.316. The zero-order valence-electron chi connectivity index (χ0n) is 13.8. The molecule has 1 amide bonds. The number of hydrogen-bond acceptors (Lipinski definition) is 3. The third kappa shape index (κ3) is 6.22. The molecule has 0 fully saturated rings.